The van der Waals surface area contributed by atoms with Crippen LogP contribution in [0.15, 0.2) is 12.2 Å². The quantitative estimate of drug-likeness (QED) is 0.0362. The van der Waals surface area contributed by atoms with E-state index in [9.17, 15) is 29.7 Å². The van der Waals surface area contributed by atoms with Gasteiger partial charge in [-0.25, -0.2) is 0 Å². The number of hydrogen-bond acceptors (Lipinski definition) is 3. The lowest BCUT2D eigenvalue weighted by Gasteiger charge is -2.43. The van der Waals surface area contributed by atoms with E-state index >= 15 is 0 Å². The molecule has 46 heavy (non-hydrogen) atoms. The molecule has 0 aliphatic rings. The van der Waals surface area contributed by atoms with Crippen LogP contribution in [0.3, 0.4) is 0 Å². The van der Waals surface area contributed by atoms with Crippen molar-refractivity contribution in [2.24, 2.45) is 17.8 Å². The van der Waals surface area contributed by atoms with E-state index in [0.717, 1.165) is 19.3 Å². The molecule has 0 saturated heterocycles. The lowest BCUT2D eigenvalue weighted by molar-refractivity contribution is -0.935. The Kier molecular flexibility index (Phi) is 28.1. The minimum absolute atomic E-state index is 0.261. The van der Waals surface area contributed by atoms with Crippen LogP contribution in [0.4, 0.5) is 0 Å². The highest BCUT2D eigenvalue weighted by Gasteiger charge is 2.40. The second kappa shape index (κ2) is 29.3. The molecule has 0 aliphatic carbocycles. The Labute approximate surface area is 283 Å². The number of nitrogens with zero attached hydrogens (tertiary/aromatic N) is 1. The second-order valence-corrected chi connectivity index (χ2v) is 14.0. The van der Waals surface area contributed by atoms with Crippen molar-refractivity contribution >= 4 is 17.9 Å². The van der Waals surface area contributed by atoms with E-state index in [1.54, 1.807) is 0 Å². The maximum atomic E-state index is 12.0. The van der Waals surface area contributed by atoms with Crippen LogP contribution >= 0.6 is 0 Å². The second-order valence-electron chi connectivity index (χ2n) is 14.0. The maximum absolute atomic E-state index is 12.0. The van der Waals surface area contributed by atoms with Crippen LogP contribution < -0.4 is 0 Å². The molecule has 0 heterocycles. The Balaban J connectivity index is 4.40. The van der Waals surface area contributed by atoms with Crippen LogP contribution in [-0.4, -0.2) is 63.9 Å². The fourth-order valence-electron chi connectivity index (χ4n) is 6.81. The molecule has 0 aromatic heterocycles. The third kappa shape index (κ3) is 22.6. The van der Waals surface area contributed by atoms with Gasteiger partial charge in [-0.2, -0.15) is 0 Å². The first-order valence-electron chi connectivity index (χ1n) is 19.3. The van der Waals surface area contributed by atoms with Crippen LogP contribution in [0.25, 0.3) is 0 Å². The fraction of sp³-hybridized carbons (Fsp3) is 0.872. The summed E-state index contributed by atoms with van der Waals surface area (Å²) in [6.07, 6.45) is 31.4. The van der Waals surface area contributed by atoms with E-state index in [-0.39, 0.29) is 24.1 Å². The van der Waals surface area contributed by atoms with Crippen molar-refractivity contribution in [1.29, 1.82) is 0 Å². The molecule has 0 saturated carbocycles. The maximum Gasteiger partial charge on any atom is 0.312 e. The normalized spacial score (nSPS) is 15.0. The molecule has 0 aromatic carbocycles. The van der Waals surface area contributed by atoms with Gasteiger partial charge >= 0.3 is 17.9 Å². The average molecular weight is 653 g/mol. The summed E-state index contributed by atoms with van der Waals surface area (Å²) in [7, 11) is 0. The summed E-state index contributed by atoms with van der Waals surface area (Å²) in [6, 6.07) is 0. The molecular weight excluding hydrogens is 578 g/mol. The molecule has 3 N–H and O–H groups in total. The number of unbranched alkanes of at least 4 members (excludes halogenated alkanes) is 18. The third-order valence-electron chi connectivity index (χ3n) is 9.97. The van der Waals surface area contributed by atoms with E-state index < -0.39 is 35.7 Å². The smallest absolute Gasteiger partial charge is 0.312 e. The molecule has 0 aromatic rings. The molecular formula is C39H74NO6+. The van der Waals surface area contributed by atoms with Crippen LogP contribution in [-0.2, 0) is 14.4 Å². The van der Waals surface area contributed by atoms with E-state index in [0.29, 0.717) is 25.8 Å². The van der Waals surface area contributed by atoms with Crippen LogP contribution in [0, 0.1) is 17.8 Å². The van der Waals surface area contributed by atoms with Gasteiger partial charge in [0.05, 0.1) is 26.2 Å². The van der Waals surface area contributed by atoms with Gasteiger partial charge in [-0.1, -0.05) is 136 Å². The van der Waals surface area contributed by atoms with E-state index in [4.69, 9.17) is 0 Å². The number of quaternary nitrogens is 1. The summed E-state index contributed by atoms with van der Waals surface area (Å²) in [5.74, 6) is -4.50. The van der Waals surface area contributed by atoms with E-state index in [1.165, 1.54) is 109 Å². The van der Waals surface area contributed by atoms with Gasteiger partial charge in [-0.15, -0.1) is 0 Å². The monoisotopic (exact) mass is 653 g/mol. The summed E-state index contributed by atoms with van der Waals surface area (Å²) in [5.41, 5.74) is 0. The molecule has 0 fully saturated rings. The fourth-order valence-corrected chi connectivity index (χ4v) is 6.81. The van der Waals surface area contributed by atoms with Crippen LogP contribution in [0.5, 0.6) is 0 Å². The number of aliphatic carboxylic acids is 3. The molecule has 0 bridgehead atoms. The van der Waals surface area contributed by atoms with E-state index in [2.05, 4.69) is 19.1 Å². The third-order valence-corrected chi connectivity index (χ3v) is 9.97. The van der Waals surface area contributed by atoms with Gasteiger partial charge in [-0.3, -0.25) is 14.4 Å². The molecule has 7 heteroatoms. The summed E-state index contributed by atoms with van der Waals surface area (Å²) in [5, 5.41) is 29.5. The number of hydrogen-bond donors (Lipinski definition) is 3. The summed E-state index contributed by atoms with van der Waals surface area (Å²) < 4.78 is 0.261. The summed E-state index contributed by atoms with van der Waals surface area (Å²) in [6.45, 7) is 9.25. The zero-order valence-corrected chi connectivity index (χ0v) is 30.5. The Bertz CT molecular complexity index is 738. The van der Waals surface area contributed by atoms with Gasteiger partial charge in [0.1, 0.15) is 17.8 Å². The zero-order valence-electron chi connectivity index (χ0n) is 30.5. The van der Waals surface area contributed by atoms with Crippen LogP contribution in [0.1, 0.15) is 175 Å². The number of carbonyl (C=O) groups is 3. The van der Waals surface area contributed by atoms with Gasteiger partial charge < -0.3 is 19.8 Å². The first kappa shape index (κ1) is 44.1. The van der Waals surface area contributed by atoms with Crippen molar-refractivity contribution < 1.29 is 34.2 Å². The van der Waals surface area contributed by atoms with Crippen molar-refractivity contribution in [2.75, 3.05) is 26.2 Å². The van der Waals surface area contributed by atoms with Crippen LogP contribution in [0.2, 0.25) is 0 Å². The van der Waals surface area contributed by atoms with E-state index in [1.807, 2.05) is 20.8 Å². The van der Waals surface area contributed by atoms with Gasteiger partial charge in [0.15, 0.2) is 0 Å². The first-order chi connectivity index (χ1) is 22.2. The lowest BCUT2D eigenvalue weighted by Crippen LogP contribution is -2.58. The highest BCUT2D eigenvalue weighted by Crippen LogP contribution is 2.25. The Morgan fingerprint density at radius 1 is 0.457 bits per heavy atom. The largest absolute Gasteiger partial charge is 0.481 e. The molecule has 0 amide bonds. The van der Waals surface area contributed by atoms with Gasteiger partial charge in [0, 0.05) is 0 Å². The first-order valence-corrected chi connectivity index (χ1v) is 19.3. The van der Waals surface area contributed by atoms with Crippen molar-refractivity contribution in [2.45, 2.75) is 175 Å². The minimum atomic E-state index is -0.885. The number of rotatable bonds is 34. The molecule has 7 nitrogen and oxygen atoms in total. The number of carboxylic acids is 3. The minimum Gasteiger partial charge on any atom is -0.481 e. The van der Waals surface area contributed by atoms with Gasteiger partial charge in [0.2, 0.25) is 0 Å². The predicted octanol–water partition coefficient (Wildman–Crippen LogP) is 10.5. The summed E-state index contributed by atoms with van der Waals surface area (Å²) in [4.78, 5) is 36.0. The Morgan fingerprint density at radius 3 is 1.02 bits per heavy atom. The van der Waals surface area contributed by atoms with Crippen molar-refractivity contribution in [1.82, 2.24) is 0 Å². The lowest BCUT2D eigenvalue weighted by atomic mass is 9.95. The molecule has 3 atom stereocenters. The average Bonchev–Trinajstić information content (AvgIpc) is 3.03. The molecule has 3 unspecified atom stereocenters. The van der Waals surface area contributed by atoms with Crippen molar-refractivity contribution in [3.8, 4) is 0 Å². The molecule has 0 spiro atoms. The highest BCUT2D eigenvalue weighted by atomic mass is 16.4. The van der Waals surface area contributed by atoms with Gasteiger partial charge in [-0.05, 0) is 51.4 Å². The molecule has 0 rings (SSSR count). The van der Waals surface area contributed by atoms with Crippen molar-refractivity contribution in [3.05, 3.63) is 12.2 Å². The standard InChI is InChI=1S/C39H73NO6/c1-5-9-10-11-12-13-14-15-16-17-18-19-20-21-22-23-24-25-26-27-28-29-30-40(31-34(6-2)37(41)42,32-35(7-3)38(43)44)33-36(8-4)39(45)46/h10-11,34-36H,5-9,12-33H2,1-4H3,(H2-,41,42,43,44,45,46)/p+1/b11-10+. The highest BCUT2D eigenvalue weighted by molar-refractivity contribution is 5.71. The Hall–Kier alpha value is -1.89. The predicted molar refractivity (Wildman–Crippen MR) is 191 cm³/mol. The SMILES string of the molecule is CCC/C=C/CCCCCCCCCCCCCCCCCCC[N+](CC(CC)C(=O)O)(CC(CC)C(=O)O)CC(CC)C(=O)O. The van der Waals surface area contributed by atoms with Gasteiger partial charge in [0.25, 0.3) is 0 Å². The number of allylic oxidation sites excluding steroid dienone is 2. The Morgan fingerprint density at radius 2 is 0.739 bits per heavy atom. The molecule has 0 aliphatic heterocycles. The molecule has 270 valence electrons. The van der Waals surface area contributed by atoms with Crippen molar-refractivity contribution in [3.63, 3.8) is 0 Å². The topological polar surface area (TPSA) is 112 Å². The zero-order chi connectivity index (χ0) is 34.5. The molecule has 0 radical (unpaired) electrons. The number of carboxylic acid groups (broad SMARTS) is 3. The summed E-state index contributed by atoms with van der Waals surface area (Å²) >= 11 is 0.